The van der Waals surface area contributed by atoms with Gasteiger partial charge in [-0.2, -0.15) is 0 Å². The molecule has 1 aromatic rings. The van der Waals surface area contributed by atoms with Crippen molar-refractivity contribution in [3.05, 3.63) is 23.4 Å². The van der Waals surface area contributed by atoms with Gasteiger partial charge in [0.25, 0.3) is 0 Å². The fourth-order valence-electron chi connectivity index (χ4n) is 0.875. The number of esters is 1. The van der Waals surface area contributed by atoms with Crippen LogP contribution in [-0.4, -0.2) is 32.2 Å². The van der Waals surface area contributed by atoms with Crippen LogP contribution in [0.15, 0.2) is 18.2 Å². The van der Waals surface area contributed by atoms with Crippen molar-refractivity contribution in [2.24, 2.45) is 0 Å². The molecular weight excluding hydrogens is 256 g/mol. The number of hydrogen-bond acceptors (Lipinski definition) is 5. The zero-order valence-corrected chi connectivity index (χ0v) is 9.88. The van der Waals surface area contributed by atoms with E-state index in [2.05, 4.69) is 14.4 Å². The summed E-state index contributed by atoms with van der Waals surface area (Å²) < 4.78 is 29.1. The van der Waals surface area contributed by atoms with Crippen molar-refractivity contribution in [1.82, 2.24) is 4.98 Å². The molecule has 16 heavy (non-hydrogen) atoms. The van der Waals surface area contributed by atoms with E-state index in [1.807, 2.05) is 0 Å². The molecule has 0 amide bonds. The largest absolute Gasteiger partial charge is 0.468 e. The molecule has 0 fully saturated rings. The molecule has 8 heteroatoms. The quantitative estimate of drug-likeness (QED) is 0.637. The average Bonchev–Trinajstić information content (AvgIpc) is 2.15. The Morgan fingerprint density at radius 3 is 2.81 bits per heavy atom. The Bertz CT molecular complexity index is 489. The van der Waals surface area contributed by atoms with E-state index in [0.717, 1.165) is 7.11 Å². The average molecular weight is 265 g/mol. The molecule has 0 aliphatic rings. The van der Waals surface area contributed by atoms with Crippen molar-refractivity contribution >= 4 is 33.4 Å². The molecule has 0 spiro atoms. The van der Waals surface area contributed by atoms with Crippen molar-refractivity contribution < 1.29 is 17.9 Å². The van der Waals surface area contributed by atoms with Gasteiger partial charge >= 0.3 is 5.97 Å². The number of nitrogens with one attached hydrogen (secondary N) is 1. The predicted molar refractivity (Wildman–Crippen MR) is 58.7 cm³/mol. The topological polar surface area (TPSA) is 85.4 Å². The lowest BCUT2D eigenvalue weighted by Gasteiger charge is -2.05. The molecule has 0 aromatic carbocycles. The predicted octanol–water partition coefficient (Wildman–Crippen LogP) is 0.650. The molecule has 0 radical (unpaired) electrons. The van der Waals surface area contributed by atoms with Crippen LogP contribution in [0, 0.1) is 0 Å². The molecule has 1 rings (SSSR count). The second-order valence-electron chi connectivity index (χ2n) is 2.78. The number of rotatable bonds is 4. The van der Waals surface area contributed by atoms with Gasteiger partial charge in [-0.05, 0) is 12.1 Å². The van der Waals surface area contributed by atoms with Gasteiger partial charge in [-0.15, -0.1) is 0 Å². The summed E-state index contributed by atoms with van der Waals surface area (Å²) in [6, 6.07) is 4.45. The molecule has 0 saturated heterocycles. The van der Waals surface area contributed by atoms with Gasteiger partial charge in [0.2, 0.25) is 10.0 Å². The molecule has 0 aliphatic carbocycles. The number of hydrogen-bond donors (Lipinski definition) is 1. The minimum Gasteiger partial charge on any atom is -0.468 e. The minimum absolute atomic E-state index is 0.0522. The Balaban J connectivity index is 2.77. The first-order chi connectivity index (χ1) is 7.43. The van der Waals surface area contributed by atoms with Crippen LogP contribution in [-0.2, 0) is 19.6 Å². The smallest absolute Gasteiger partial charge is 0.322 e. The van der Waals surface area contributed by atoms with Crippen LogP contribution >= 0.6 is 11.6 Å². The first kappa shape index (κ1) is 12.7. The van der Waals surface area contributed by atoms with Crippen LogP contribution in [0.1, 0.15) is 0 Å². The molecule has 0 atom stereocenters. The molecule has 0 aliphatic heterocycles. The lowest BCUT2D eigenvalue weighted by atomic mass is 10.5. The molecular formula is C8H9ClN2O4S. The molecule has 6 nitrogen and oxygen atoms in total. The highest BCUT2D eigenvalue weighted by Crippen LogP contribution is 2.10. The van der Waals surface area contributed by atoms with Crippen molar-refractivity contribution in [2.45, 2.75) is 0 Å². The number of ether oxygens (including phenoxy) is 1. The molecule has 88 valence electrons. The van der Waals surface area contributed by atoms with Crippen molar-refractivity contribution in [3.63, 3.8) is 0 Å². The van der Waals surface area contributed by atoms with Gasteiger partial charge in [-0.1, -0.05) is 17.7 Å². The monoisotopic (exact) mass is 264 g/mol. The number of pyridine rings is 1. The number of halogens is 1. The number of carbonyl (C=O) groups excluding carboxylic acids is 1. The Morgan fingerprint density at radius 1 is 1.56 bits per heavy atom. The van der Waals surface area contributed by atoms with Gasteiger partial charge < -0.3 is 4.74 Å². The first-order valence-corrected chi connectivity index (χ1v) is 6.16. The highest BCUT2D eigenvalue weighted by Gasteiger charge is 2.17. The highest BCUT2D eigenvalue weighted by atomic mass is 35.5. The molecule has 0 saturated carbocycles. The normalized spacial score (nSPS) is 10.9. The number of sulfonamides is 1. The Labute approximate surface area is 97.6 Å². The van der Waals surface area contributed by atoms with Gasteiger partial charge in [-0.3, -0.25) is 9.52 Å². The fraction of sp³-hybridized carbons (Fsp3) is 0.250. The van der Waals surface area contributed by atoms with Crippen LogP contribution in [0.2, 0.25) is 5.15 Å². The first-order valence-electron chi connectivity index (χ1n) is 4.13. The summed E-state index contributed by atoms with van der Waals surface area (Å²) in [6.45, 7) is 0. The van der Waals surface area contributed by atoms with Gasteiger partial charge in [0, 0.05) is 0 Å². The lowest BCUT2D eigenvalue weighted by Crippen LogP contribution is -2.24. The van der Waals surface area contributed by atoms with E-state index in [0.29, 0.717) is 0 Å². The molecule has 1 heterocycles. The highest BCUT2D eigenvalue weighted by molar-refractivity contribution is 7.93. The standard InChI is InChI=1S/C8H9ClN2O4S/c1-15-8(12)5-16(13,14)11-7-4-2-3-6(9)10-7/h2-4H,5H2,1H3,(H,10,11). The summed E-state index contributed by atoms with van der Waals surface area (Å²) in [7, 11) is -2.70. The summed E-state index contributed by atoms with van der Waals surface area (Å²) in [5.74, 6) is -1.57. The molecule has 0 unspecified atom stereocenters. The number of anilines is 1. The van der Waals surface area contributed by atoms with Crippen LogP contribution < -0.4 is 4.72 Å². The number of carbonyl (C=O) groups is 1. The SMILES string of the molecule is COC(=O)CS(=O)(=O)Nc1cccc(Cl)n1. The van der Waals surface area contributed by atoms with Crippen LogP contribution in [0.5, 0.6) is 0 Å². The third-order valence-corrected chi connectivity index (χ3v) is 2.86. The van der Waals surface area contributed by atoms with Gasteiger partial charge in [0.15, 0.2) is 5.75 Å². The van der Waals surface area contributed by atoms with Crippen LogP contribution in [0.3, 0.4) is 0 Å². The van der Waals surface area contributed by atoms with Crippen molar-refractivity contribution in [2.75, 3.05) is 17.6 Å². The van der Waals surface area contributed by atoms with Gasteiger partial charge in [0.1, 0.15) is 11.0 Å². The van der Waals surface area contributed by atoms with E-state index < -0.39 is 21.7 Å². The van der Waals surface area contributed by atoms with Crippen molar-refractivity contribution in [1.29, 1.82) is 0 Å². The maximum absolute atomic E-state index is 11.4. The fourth-order valence-corrected chi connectivity index (χ4v) is 1.97. The Hall–Kier alpha value is -1.34. The van der Waals surface area contributed by atoms with E-state index in [1.54, 1.807) is 0 Å². The van der Waals surface area contributed by atoms with Gasteiger partial charge in [-0.25, -0.2) is 13.4 Å². The summed E-state index contributed by atoms with van der Waals surface area (Å²) in [5.41, 5.74) is 0. The number of aromatic nitrogens is 1. The van der Waals surface area contributed by atoms with E-state index >= 15 is 0 Å². The molecule has 1 N–H and O–H groups in total. The van der Waals surface area contributed by atoms with E-state index in [1.165, 1.54) is 18.2 Å². The number of methoxy groups -OCH3 is 1. The third-order valence-electron chi connectivity index (χ3n) is 1.51. The minimum atomic E-state index is -3.81. The maximum atomic E-state index is 11.4. The Morgan fingerprint density at radius 2 is 2.25 bits per heavy atom. The second kappa shape index (κ2) is 5.13. The molecule has 1 aromatic heterocycles. The third kappa shape index (κ3) is 4.03. The zero-order chi connectivity index (χ0) is 12.2. The van der Waals surface area contributed by atoms with E-state index in [-0.39, 0.29) is 11.0 Å². The summed E-state index contributed by atoms with van der Waals surface area (Å²) in [5, 5.41) is 0.151. The maximum Gasteiger partial charge on any atom is 0.322 e. The summed E-state index contributed by atoms with van der Waals surface area (Å²) >= 11 is 5.57. The van der Waals surface area contributed by atoms with Crippen molar-refractivity contribution in [3.8, 4) is 0 Å². The summed E-state index contributed by atoms with van der Waals surface area (Å²) in [4.78, 5) is 14.5. The Kier molecular flexibility index (Phi) is 4.08. The van der Waals surface area contributed by atoms with E-state index in [4.69, 9.17) is 11.6 Å². The van der Waals surface area contributed by atoms with Crippen LogP contribution in [0.25, 0.3) is 0 Å². The van der Waals surface area contributed by atoms with Crippen LogP contribution in [0.4, 0.5) is 5.82 Å². The van der Waals surface area contributed by atoms with E-state index in [9.17, 15) is 13.2 Å². The number of nitrogens with zero attached hydrogens (tertiary/aromatic N) is 1. The lowest BCUT2D eigenvalue weighted by molar-refractivity contribution is -0.137. The second-order valence-corrected chi connectivity index (χ2v) is 4.89. The van der Waals surface area contributed by atoms with Gasteiger partial charge in [0.05, 0.1) is 7.11 Å². The zero-order valence-electron chi connectivity index (χ0n) is 8.31. The molecule has 0 bridgehead atoms. The summed E-state index contributed by atoms with van der Waals surface area (Å²) in [6.07, 6.45) is 0.